The molecule has 134 valence electrons. The van der Waals surface area contributed by atoms with Crippen LogP contribution < -0.4 is 10.0 Å². The van der Waals surface area contributed by atoms with Crippen molar-refractivity contribution in [1.29, 1.82) is 0 Å². The van der Waals surface area contributed by atoms with Crippen molar-refractivity contribution < 1.29 is 22.3 Å². The molecule has 0 amide bonds. The number of methoxy groups -OCH3 is 1. The highest BCUT2D eigenvalue weighted by Crippen LogP contribution is 2.27. The second-order valence-corrected chi connectivity index (χ2v) is 7.72. The molecule has 2 N–H and O–H groups in total. The number of halogens is 2. The molecular formula is C16H16BrFN2O4S. The Hall–Kier alpha value is -1.97. The van der Waals surface area contributed by atoms with Gasteiger partial charge >= 0.3 is 5.97 Å². The number of ether oxygens (including phenoxy) is 1. The molecule has 0 bridgehead atoms. The van der Waals surface area contributed by atoms with Crippen LogP contribution in [-0.2, 0) is 21.3 Å². The zero-order chi connectivity index (χ0) is 18.8. The first-order valence-corrected chi connectivity index (χ1v) is 9.37. The molecule has 0 heterocycles. The molecule has 0 unspecified atom stereocenters. The molecule has 9 heteroatoms. The van der Waals surface area contributed by atoms with Gasteiger partial charge in [-0.05, 0) is 35.9 Å². The molecule has 2 rings (SSSR count). The molecule has 0 atom stereocenters. The van der Waals surface area contributed by atoms with Crippen molar-refractivity contribution in [1.82, 2.24) is 0 Å². The van der Waals surface area contributed by atoms with Gasteiger partial charge in [-0.1, -0.05) is 22.0 Å². The number of rotatable bonds is 5. The number of hydrogen-bond donors (Lipinski definition) is 1. The van der Waals surface area contributed by atoms with E-state index in [1.165, 1.54) is 37.4 Å². The quantitative estimate of drug-likeness (QED) is 0.736. The summed E-state index contributed by atoms with van der Waals surface area (Å²) in [4.78, 5) is 13.6. The third kappa shape index (κ3) is 4.56. The zero-order valence-corrected chi connectivity index (χ0v) is 15.9. The molecule has 25 heavy (non-hydrogen) atoms. The van der Waals surface area contributed by atoms with Crippen molar-refractivity contribution in [2.24, 2.45) is 5.14 Å². The van der Waals surface area contributed by atoms with Crippen molar-refractivity contribution in [3.63, 3.8) is 0 Å². The summed E-state index contributed by atoms with van der Waals surface area (Å²) < 4.78 is 41.5. The molecule has 0 aliphatic carbocycles. The second-order valence-electron chi connectivity index (χ2n) is 5.31. The SMILES string of the molecule is COC(=O)c1cc(S(N)(=O)=O)ccc1N(C)Cc1ccc(F)cc1Br. The van der Waals surface area contributed by atoms with Gasteiger partial charge in [-0.2, -0.15) is 0 Å². The van der Waals surface area contributed by atoms with Crippen molar-refractivity contribution in [2.75, 3.05) is 19.1 Å². The third-order valence-corrected chi connectivity index (χ3v) is 5.18. The van der Waals surface area contributed by atoms with Gasteiger partial charge in [-0.15, -0.1) is 0 Å². The first kappa shape index (κ1) is 19.4. The molecule has 0 radical (unpaired) electrons. The van der Waals surface area contributed by atoms with Crippen LogP contribution in [0.4, 0.5) is 10.1 Å². The number of sulfonamides is 1. The Morgan fingerprint density at radius 1 is 1.28 bits per heavy atom. The van der Waals surface area contributed by atoms with E-state index in [0.717, 1.165) is 5.56 Å². The van der Waals surface area contributed by atoms with E-state index >= 15 is 0 Å². The number of carbonyl (C=O) groups excluding carboxylic acids is 1. The number of carbonyl (C=O) groups is 1. The molecule has 0 fully saturated rings. The van der Waals surface area contributed by atoms with E-state index in [4.69, 9.17) is 9.88 Å². The van der Waals surface area contributed by atoms with E-state index in [1.807, 2.05) is 0 Å². The minimum Gasteiger partial charge on any atom is -0.465 e. The smallest absolute Gasteiger partial charge is 0.340 e. The summed E-state index contributed by atoms with van der Waals surface area (Å²) in [6.45, 7) is 0.347. The molecule has 0 aromatic heterocycles. The average Bonchev–Trinajstić information content (AvgIpc) is 2.55. The standard InChI is InChI=1S/C16H16BrFN2O4S/c1-20(9-10-3-4-11(18)7-14(10)17)15-6-5-12(25(19,22)23)8-13(15)16(21)24-2/h3-8H,9H2,1-2H3,(H2,19,22,23). The highest BCUT2D eigenvalue weighted by Gasteiger charge is 2.20. The minimum absolute atomic E-state index is 0.0646. The van der Waals surface area contributed by atoms with Crippen molar-refractivity contribution >= 4 is 37.6 Å². The number of benzene rings is 2. The Balaban J connectivity index is 2.44. The van der Waals surface area contributed by atoms with Gasteiger partial charge < -0.3 is 9.64 Å². The molecule has 6 nitrogen and oxygen atoms in total. The highest BCUT2D eigenvalue weighted by molar-refractivity contribution is 9.10. The Morgan fingerprint density at radius 3 is 2.52 bits per heavy atom. The van der Waals surface area contributed by atoms with Crippen LogP contribution in [0.15, 0.2) is 45.8 Å². The Labute approximate surface area is 153 Å². The molecular weight excluding hydrogens is 415 g/mol. The van der Waals surface area contributed by atoms with Crippen molar-refractivity contribution in [2.45, 2.75) is 11.4 Å². The number of anilines is 1. The average molecular weight is 431 g/mol. The van der Waals surface area contributed by atoms with Crippen LogP contribution in [0.2, 0.25) is 0 Å². The van der Waals surface area contributed by atoms with Gasteiger partial charge in [0.2, 0.25) is 10.0 Å². The number of esters is 1. The first-order chi connectivity index (χ1) is 11.6. The van der Waals surface area contributed by atoms with Crippen LogP contribution >= 0.6 is 15.9 Å². The lowest BCUT2D eigenvalue weighted by atomic mass is 10.1. The normalized spacial score (nSPS) is 11.2. The molecule has 2 aromatic carbocycles. The van der Waals surface area contributed by atoms with Crippen LogP contribution in [0.3, 0.4) is 0 Å². The molecule has 0 aliphatic heterocycles. The topological polar surface area (TPSA) is 89.7 Å². The summed E-state index contributed by atoms with van der Waals surface area (Å²) in [5.74, 6) is -1.06. The summed E-state index contributed by atoms with van der Waals surface area (Å²) in [6, 6.07) is 8.25. The van der Waals surface area contributed by atoms with Gasteiger partial charge in [-0.25, -0.2) is 22.7 Å². The number of nitrogens with zero attached hydrogens (tertiary/aromatic N) is 1. The largest absolute Gasteiger partial charge is 0.465 e. The lowest BCUT2D eigenvalue weighted by Crippen LogP contribution is -2.21. The molecule has 2 aromatic rings. The Bertz CT molecular complexity index is 918. The van der Waals surface area contributed by atoms with Gasteiger partial charge in [-0.3, -0.25) is 0 Å². The Morgan fingerprint density at radius 2 is 1.96 bits per heavy atom. The Kier molecular flexibility index (Phi) is 5.81. The van der Waals surface area contributed by atoms with E-state index < -0.39 is 16.0 Å². The van der Waals surface area contributed by atoms with Gasteiger partial charge in [0.05, 0.1) is 23.3 Å². The van der Waals surface area contributed by atoms with Gasteiger partial charge in [0.15, 0.2) is 0 Å². The van der Waals surface area contributed by atoms with Crippen molar-refractivity contribution in [3.05, 3.63) is 57.8 Å². The molecule has 0 saturated carbocycles. The summed E-state index contributed by atoms with van der Waals surface area (Å²) >= 11 is 3.29. The first-order valence-electron chi connectivity index (χ1n) is 7.03. The van der Waals surface area contributed by atoms with Crippen LogP contribution in [-0.4, -0.2) is 28.5 Å². The monoisotopic (exact) mass is 430 g/mol. The highest BCUT2D eigenvalue weighted by atomic mass is 79.9. The summed E-state index contributed by atoms with van der Waals surface area (Å²) in [5.41, 5.74) is 1.31. The fourth-order valence-electron chi connectivity index (χ4n) is 2.29. The summed E-state index contributed by atoms with van der Waals surface area (Å²) in [6.07, 6.45) is 0. The van der Waals surface area contributed by atoms with Crippen LogP contribution in [0.1, 0.15) is 15.9 Å². The fraction of sp³-hybridized carbons (Fsp3) is 0.188. The third-order valence-electron chi connectivity index (χ3n) is 3.54. The van der Waals surface area contributed by atoms with Crippen LogP contribution in [0.5, 0.6) is 0 Å². The molecule has 0 saturated heterocycles. The van der Waals surface area contributed by atoms with Crippen molar-refractivity contribution in [3.8, 4) is 0 Å². The fourth-order valence-corrected chi connectivity index (χ4v) is 3.31. The molecule has 0 spiro atoms. The van der Waals surface area contributed by atoms with Crippen LogP contribution in [0.25, 0.3) is 0 Å². The second kappa shape index (κ2) is 7.51. The van der Waals surface area contributed by atoms with E-state index in [1.54, 1.807) is 18.0 Å². The van der Waals surface area contributed by atoms with E-state index in [2.05, 4.69) is 15.9 Å². The zero-order valence-electron chi connectivity index (χ0n) is 13.5. The summed E-state index contributed by atoms with van der Waals surface area (Å²) in [5, 5.41) is 5.12. The van der Waals surface area contributed by atoms with Gasteiger partial charge in [0, 0.05) is 18.1 Å². The van der Waals surface area contributed by atoms with Gasteiger partial charge in [0.25, 0.3) is 0 Å². The lowest BCUT2D eigenvalue weighted by molar-refractivity contribution is 0.0601. The molecule has 0 aliphatic rings. The lowest BCUT2D eigenvalue weighted by Gasteiger charge is -2.23. The van der Waals surface area contributed by atoms with Gasteiger partial charge in [0.1, 0.15) is 5.82 Å². The predicted octanol–water partition coefficient (Wildman–Crippen LogP) is 2.66. The van der Waals surface area contributed by atoms with E-state index in [9.17, 15) is 17.6 Å². The maximum atomic E-state index is 13.2. The predicted molar refractivity (Wildman–Crippen MR) is 95.4 cm³/mol. The maximum absolute atomic E-state index is 13.2. The number of nitrogens with two attached hydrogens (primary N) is 1. The van der Waals surface area contributed by atoms with E-state index in [-0.39, 0.29) is 16.3 Å². The number of hydrogen-bond acceptors (Lipinski definition) is 5. The number of primary sulfonamides is 1. The van der Waals surface area contributed by atoms with Crippen LogP contribution in [0, 0.1) is 5.82 Å². The summed E-state index contributed by atoms with van der Waals surface area (Å²) in [7, 11) is -1.04. The van der Waals surface area contributed by atoms with E-state index in [0.29, 0.717) is 16.7 Å². The maximum Gasteiger partial charge on any atom is 0.340 e. The minimum atomic E-state index is -3.96.